The Kier molecular flexibility index (Phi) is 7.02. The van der Waals surface area contributed by atoms with Gasteiger partial charge in [-0.15, -0.1) is 0 Å². The number of hydrogen-bond acceptors (Lipinski definition) is 6. The molecule has 1 aliphatic heterocycles. The van der Waals surface area contributed by atoms with Crippen LogP contribution in [0.3, 0.4) is 0 Å². The number of carboxylic acids is 1. The van der Waals surface area contributed by atoms with Gasteiger partial charge in [-0.3, -0.25) is 14.3 Å². The van der Waals surface area contributed by atoms with Gasteiger partial charge in [-0.25, -0.2) is 9.78 Å². The van der Waals surface area contributed by atoms with Crippen LogP contribution in [0.1, 0.15) is 90.6 Å². The van der Waals surface area contributed by atoms with Crippen LogP contribution >= 0.6 is 0 Å². The fraction of sp³-hybridized carbons (Fsp3) is 0.452. The SMILES string of the molecule is CC(C)Nc1nc(-c2ccccc2C(=O)O)ccc1C(=O)N1CCC2(CC1)CC(=O)c1c(cnn1C(C)(C)C)C2. The minimum atomic E-state index is -1.03. The topological polar surface area (TPSA) is 117 Å². The lowest BCUT2D eigenvalue weighted by Gasteiger charge is -2.43. The summed E-state index contributed by atoms with van der Waals surface area (Å²) in [6.45, 7) is 11.2. The van der Waals surface area contributed by atoms with E-state index < -0.39 is 5.97 Å². The standard InChI is InChI=1S/C31H37N5O4/c1-19(2)33-27-23(10-11-24(34-27)21-8-6-7-9-22(21)29(39)40)28(38)35-14-12-31(13-15-35)16-20-18-32-36(30(3,4)5)26(20)25(37)17-31/h6-11,18-19H,12-17H2,1-5H3,(H,33,34)(H,39,40). The molecule has 3 aromatic rings. The van der Waals surface area contributed by atoms with E-state index in [-0.39, 0.29) is 34.2 Å². The maximum absolute atomic E-state index is 13.7. The van der Waals surface area contributed by atoms with Crippen LogP contribution in [0, 0.1) is 5.41 Å². The molecule has 1 amide bonds. The van der Waals surface area contributed by atoms with Gasteiger partial charge in [0.1, 0.15) is 11.5 Å². The third-order valence-corrected chi connectivity index (χ3v) is 7.94. The quantitative estimate of drug-likeness (QED) is 0.450. The molecule has 2 aliphatic rings. The normalized spacial score (nSPS) is 16.8. The summed E-state index contributed by atoms with van der Waals surface area (Å²) in [6.07, 6.45) is 4.61. The number of anilines is 1. The van der Waals surface area contributed by atoms with Crippen molar-refractivity contribution < 1.29 is 19.5 Å². The summed E-state index contributed by atoms with van der Waals surface area (Å²) in [7, 11) is 0. The molecular weight excluding hydrogens is 506 g/mol. The van der Waals surface area contributed by atoms with Gasteiger partial charge in [-0.2, -0.15) is 5.10 Å². The van der Waals surface area contributed by atoms with Gasteiger partial charge in [0, 0.05) is 36.7 Å². The lowest BCUT2D eigenvalue weighted by atomic mass is 9.67. The average molecular weight is 544 g/mol. The first kappa shape index (κ1) is 27.6. The molecule has 0 radical (unpaired) electrons. The van der Waals surface area contributed by atoms with Crippen LogP contribution in [0.2, 0.25) is 0 Å². The van der Waals surface area contributed by atoms with Crippen molar-refractivity contribution >= 4 is 23.5 Å². The van der Waals surface area contributed by atoms with Crippen LogP contribution in [-0.4, -0.2) is 61.6 Å². The molecule has 0 saturated carbocycles. The summed E-state index contributed by atoms with van der Waals surface area (Å²) in [6, 6.07) is 10.2. The second kappa shape index (κ2) is 10.2. The number of carbonyl (C=O) groups is 3. The minimum absolute atomic E-state index is 0.0186. The largest absolute Gasteiger partial charge is 0.478 e. The maximum Gasteiger partial charge on any atom is 0.336 e. The smallest absolute Gasteiger partial charge is 0.336 e. The summed E-state index contributed by atoms with van der Waals surface area (Å²) >= 11 is 0. The lowest BCUT2D eigenvalue weighted by molar-refractivity contribution is 0.0515. The lowest BCUT2D eigenvalue weighted by Crippen LogP contribution is -2.46. The zero-order valence-electron chi connectivity index (χ0n) is 23.8. The number of nitrogens with zero attached hydrogens (tertiary/aromatic N) is 4. The zero-order chi connectivity index (χ0) is 28.8. The van der Waals surface area contributed by atoms with Gasteiger partial charge < -0.3 is 15.3 Å². The van der Waals surface area contributed by atoms with Crippen molar-refractivity contribution in [1.29, 1.82) is 0 Å². The molecule has 9 nitrogen and oxygen atoms in total. The third-order valence-electron chi connectivity index (χ3n) is 7.94. The van der Waals surface area contributed by atoms with E-state index in [4.69, 9.17) is 4.98 Å². The Hall–Kier alpha value is -4.01. The minimum Gasteiger partial charge on any atom is -0.478 e. The van der Waals surface area contributed by atoms with Gasteiger partial charge in [0.05, 0.1) is 28.6 Å². The highest BCUT2D eigenvalue weighted by atomic mass is 16.4. The van der Waals surface area contributed by atoms with Crippen LogP contribution in [0.15, 0.2) is 42.6 Å². The number of carboxylic acid groups (broad SMARTS) is 1. The predicted octanol–water partition coefficient (Wildman–Crippen LogP) is 5.27. The molecule has 210 valence electrons. The number of likely N-dealkylation sites (tertiary alicyclic amines) is 1. The van der Waals surface area contributed by atoms with E-state index >= 15 is 0 Å². The maximum atomic E-state index is 13.7. The first-order valence-electron chi connectivity index (χ1n) is 13.9. The second-order valence-corrected chi connectivity index (χ2v) is 12.4. The summed E-state index contributed by atoms with van der Waals surface area (Å²) in [4.78, 5) is 45.4. The van der Waals surface area contributed by atoms with Crippen LogP contribution < -0.4 is 5.32 Å². The number of fused-ring (bicyclic) bond motifs is 1. The highest BCUT2D eigenvalue weighted by Crippen LogP contribution is 2.44. The van der Waals surface area contributed by atoms with Crippen molar-refractivity contribution in [2.45, 2.75) is 71.9 Å². The van der Waals surface area contributed by atoms with Crippen LogP contribution in [0.5, 0.6) is 0 Å². The van der Waals surface area contributed by atoms with E-state index in [1.165, 1.54) is 0 Å². The number of hydrogen-bond donors (Lipinski definition) is 2. The van der Waals surface area contributed by atoms with Crippen LogP contribution in [-0.2, 0) is 12.0 Å². The number of Topliss-reactive ketones (excluding diaryl/α,β-unsaturated/α-hetero) is 1. The van der Waals surface area contributed by atoms with Crippen molar-refractivity contribution in [2.24, 2.45) is 5.41 Å². The van der Waals surface area contributed by atoms with Crippen molar-refractivity contribution in [3.63, 3.8) is 0 Å². The average Bonchev–Trinajstić information content (AvgIpc) is 3.33. The summed E-state index contributed by atoms with van der Waals surface area (Å²) in [5.74, 6) is -0.576. The van der Waals surface area contributed by atoms with Gasteiger partial charge in [0.25, 0.3) is 5.91 Å². The number of benzene rings is 1. The number of aromatic nitrogens is 3. The molecule has 3 heterocycles. The highest BCUT2D eigenvalue weighted by molar-refractivity contribution is 6.01. The monoisotopic (exact) mass is 543 g/mol. The Morgan fingerprint density at radius 2 is 1.73 bits per heavy atom. The first-order chi connectivity index (χ1) is 18.9. The van der Waals surface area contributed by atoms with E-state index in [1.54, 1.807) is 36.4 Å². The highest BCUT2D eigenvalue weighted by Gasteiger charge is 2.44. The van der Waals surface area contributed by atoms with E-state index in [9.17, 15) is 19.5 Å². The number of rotatable bonds is 5. The fourth-order valence-corrected chi connectivity index (χ4v) is 5.97. The third kappa shape index (κ3) is 5.12. The molecular formula is C31H37N5O4. The summed E-state index contributed by atoms with van der Waals surface area (Å²) < 4.78 is 1.85. The van der Waals surface area contributed by atoms with Crippen molar-refractivity contribution in [1.82, 2.24) is 19.7 Å². The molecule has 0 atom stereocenters. The first-order valence-corrected chi connectivity index (χ1v) is 13.9. The van der Waals surface area contributed by atoms with E-state index in [0.717, 1.165) is 30.5 Å². The number of pyridine rings is 1. The Morgan fingerprint density at radius 3 is 2.38 bits per heavy atom. The molecule has 40 heavy (non-hydrogen) atoms. The fourth-order valence-electron chi connectivity index (χ4n) is 5.97. The van der Waals surface area contributed by atoms with Gasteiger partial charge in [0.2, 0.25) is 0 Å². The number of ketones is 1. The molecule has 1 spiro atoms. The van der Waals surface area contributed by atoms with Crippen LogP contribution in [0.25, 0.3) is 11.3 Å². The molecule has 1 aromatic carbocycles. The van der Waals surface area contributed by atoms with Gasteiger partial charge in [-0.1, -0.05) is 18.2 Å². The Bertz CT molecular complexity index is 1480. The molecule has 5 rings (SSSR count). The van der Waals surface area contributed by atoms with Gasteiger partial charge >= 0.3 is 5.97 Å². The molecule has 9 heteroatoms. The van der Waals surface area contributed by atoms with Crippen molar-refractivity contribution in [3.8, 4) is 11.3 Å². The Balaban J connectivity index is 1.37. The second-order valence-electron chi connectivity index (χ2n) is 12.4. The Morgan fingerprint density at radius 1 is 1.02 bits per heavy atom. The van der Waals surface area contributed by atoms with Crippen molar-refractivity contribution in [2.75, 3.05) is 18.4 Å². The van der Waals surface area contributed by atoms with Crippen LogP contribution in [0.4, 0.5) is 5.82 Å². The van der Waals surface area contributed by atoms with Gasteiger partial charge in [0.15, 0.2) is 5.78 Å². The Labute approximate surface area is 234 Å². The van der Waals surface area contributed by atoms with Gasteiger partial charge in [-0.05, 0) is 77.5 Å². The number of nitrogens with one attached hydrogen (secondary N) is 1. The summed E-state index contributed by atoms with van der Waals surface area (Å²) in [5.41, 5.74) is 2.92. The molecule has 0 bridgehead atoms. The molecule has 1 saturated heterocycles. The van der Waals surface area contributed by atoms with E-state index in [2.05, 4.69) is 31.2 Å². The number of piperidine rings is 1. The molecule has 0 unspecified atom stereocenters. The molecule has 1 fully saturated rings. The predicted molar refractivity (Wildman–Crippen MR) is 153 cm³/mol. The van der Waals surface area contributed by atoms with E-state index in [0.29, 0.717) is 42.1 Å². The summed E-state index contributed by atoms with van der Waals surface area (Å²) in [5, 5.41) is 17.5. The molecule has 2 aromatic heterocycles. The van der Waals surface area contributed by atoms with E-state index in [1.807, 2.05) is 29.6 Å². The van der Waals surface area contributed by atoms with Crippen molar-refractivity contribution in [3.05, 3.63) is 65.0 Å². The number of carbonyl (C=O) groups excluding carboxylic acids is 2. The molecule has 2 N–H and O–H groups in total. The molecule has 1 aliphatic carbocycles. The number of aromatic carboxylic acids is 1. The number of amides is 1. The zero-order valence-corrected chi connectivity index (χ0v) is 23.8.